The van der Waals surface area contributed by atoms with Gasteiger partial charge in [0.25, 0.3) is 0 Å². The second kappa shape index (κ2) is 4.40. The van der Waals surface area contributed by atoms with E-state index in [4.69, 9.17) is 0 Å². The fourth-order valence-corrected chi connectivity index (χ4v) is 2.15. The van der Waals surface area contributed by atoms with Crippen molar-refractivity contribution in [1.29, 1.82) is 0 Å². The van der Waals surface area contributed by atoms with Gasteiger partial charge in [0.1, 0.15) is 11.6 Å². The van der Waals surface area contributed by atoms with Crippen molar-refractivity contribution in [2.45, 2.75) is 32.7 Å². The topological polar surface area (TPSA) is 12.0 Å². The third-order valence-electron chi connectivity index (χ3n) is 3.41. The lowest BCUT2D eigenvalue weighted by atomic mass is 9.73. The van der Waals surface area contributed by atoms with Crippen molar-refractivity contribution in [2.75, 3.05) is 5.32 Å². The Labute approximate surface area is 94.9 Å². The largest absolute Gasteiger partial charge is 0.380 e. The van der Waals surface area contributed by atoms with E-state index in [9.17, 15) is 8.78 Å². The number of hydrogen-bond acceptors (Lipinski definition) is 1. The molecule has 1 N–H and O–H groups in total. The number of nitrogens with one attached hydrogen (secondary N) is 1. The number of halogens is 2. The highest BCUT2D eigenvalue weighted by Crippen LogP contribution is 2.35. The standard InChI is InChI=1S/C13H17F2N/c1-8(2)9-5-11(6-9)16-13-4-3-10(14)7-12(13)15/h3-4,7-9,11,16H,5-6H2,1-2H3. The summed E-state index contributed by atoms with van der Waals surface area (Å²) >= 11 is 0. The van der Waals surface area contributed by atoms with Gasteiger partial charge in [-0.25, -0.2) is 8.78 Å². The molecule has 0 unspecified atom stereocenters. The molecule has 2 rings (SSSR count). The zero-order valence-electron chi connectivity index (χ0n) is 9.63. The van der Waals surface area contributed by atoms with Crippen molar-refractivity contribution in [2.24, 2.45) is 11.8 Å². The van der Waals surface area contributed by atoms with Crippen LogP contribution in [0.3, 0.4) is 0 Å². The Morgan fingerprint density at radius 2 is 1.94 bits per heavy atom. The maximum absolute atomic E-state index is 13.3. The SMILES string of the molecule is CC(C)C1CC(Nc2ccc(F)cc2F)C1. The first-order valence-electron chi connectivity index (χ1n) is 5.78. The van der Waals surface area contributed by atoms with Crippen molar-refractivity contribution in [3.8, 4) is 0 Å². The maximum Gasteiger partial charge on any atom is 0.149 e. The van der Waals surface area contributed by atoms with Gasteiger partial charge in [-0.3, -0.25) is 0 Å². The lowest BCUT2D eigenvalue weighted by Gasteiger charge is -2.39. The van der Waals surface area contributed by atoms with Crippen LogP contribution in [0.5, 0.6) is 0 Å². The first-order chi connectivity index (χ1) is 7.56. The lowest BCUT2D eigenvalue weighted by molar-refractivity contribution is 0.211. The molecule has 0 saturated heterocycles. The minimum atomic E-state index is -0.531. The Morgan fingerprint density at radius 3 is 2.50 bits per heavy atom. The summed E-state index contributed by atoms with van der Waals surface area (Å²) in [6.45, 7) is 4.42. The Balaban J connectivity index is 1.91. The van der Waals surface area contributed by atoms with Crippen LogP contribution in [-0.2, 0) is 0 Å². The molecule has 0 atom stereocenters. The van der Waals surface area contributed by atoms with Crippen LogP contribution in [0, 0.1) is 23.5 Å². The molecule has 1 fully saturated rings. The second-order valence-electron chi connectivity index (χ2n) is 4.94. The van der Waals surface area contributed by atoms with E-state index in [1.807, 2.05) is 0 Å². The van der Waals surface area contributed by atoms with Gasteiger partial charge < -0.3 is 5.32 Å². The smallest absolute Gasteiger partial charge is 0.149 e. The third-order valence-corrected chi connectivity index (χ3v) is 3.41. The van der Waals surface area contributed by atoms with Gasteiger partial charge >= 0.3 is 0 Å². The van der Waals surface area contributed by atoms with Crippen LogP contribution in [0.1, 0.15) is 26.7 Å². The zero-order valence-corrected chi connectivity index (χ0v) is 9.63. The Morgan fingerprint density at radius 1 is 1.25 bits per heavy atom. The Kier molecular flexibility index (Phi) is 3.13. The van der Waals surface area contributed by atoms with Crippen LogP contribution < -0.4 is 5.32 Å². The van der Waals surface area contributed by atoms with Gasteiger partial charge in [0.15, 0.2) is 0 Å². The molecule has 0 aromatic heterocycles. The van der Waals surface area contributed by atoms with Gasteiger partial charge in [0.05, 0.1) is 5.69 Å². The highest BCUT2D eigenvalue weighted by Gasteiger charge is 2.31. The van der Waals surface area contributed by atoms with Crippen LogP contribution in [-0.4, -0.2) is 6.04 Å². The van der Waals surface area contributed by atoms with Gasteiger partial charge in [-0.1, -0.05) is 13.8 Å². The van der Waals surface area contributed by atoms with Crippen molar-refractivity contribution < 1.29 is 8.78 Å². The highest BCUT2D eigenvalue weighted by molar-refractivity contribution is 5.46. The summed E-state index contributed by atoms with van der Waals surface area (Å²) in [4.78, 5) is 0. The molecule has 0 amide bonds. The van der Waals surface area contributed by atoms with Gasteiger partial charge in [-0.2, -0.15) is 0 Å². The summed E-state index contributed by atoms with van der Waals surface area (Å²) in [5, 5.41) is 3.12. The zero-order chi connectivity index (χ0) is 11.7. The molecule has 1 saturated carbocycles. The molecule has 1 aromatic rings. The predicted octanol–water partition coefficient (Wildman–Crippen LogP) is 3.81. The van der Waals surface area contributed by atoms with E-state index < -0.39 is 11.6 Å². The molecule has 1 aromatic carbocycles. The maximum atomic E-state index is 13.3. The summed E-state index contributed by atoms with van der Waals surface area (Å²) in [6, 6.07) is 4.01. The average molecular weight is 225 g/mol. The number of hydrogen-bond donors (Lipinski definition) is 1. The molecule has 1 nitrogen and oxygen atoms in total. The molecular formula is C13H17F2N. The van der Waals surface area contributed by atoms with Gasteiger partial charge in [0.2, 0.25) is 0 Å². The minimum absolute atomic E-state index is 0.340. The van der Waals surface area contributed by atoms with E-state index in [1.54, 1.807) is 0 Å². The average Bonchev–Trinajstić information content (AvgIpc) is 2.12. The molecule has 1 aliphatic carbocycles. The number of benzene rings is 1. The number of rotatable bonds is 3. The van der Waals surface area contributed by atoms with E-state index in [0.29, 0.717) is 17.6 Å². The van der Waals surface area contributed by atoms with Crippen LogP contribution in [0.2, 0.25) is 0 Å². The summed E-state index contributed by atoms with van der Waals surface area (Å²) in [5.74, 6) is 0.391. The highest BCUT2D eigenvalue weighted by atomic mass is 19.1. The summed E-state index contributed by atoms with van der Waals surface area (Å²) in [6.07, 6.45) is 2.16. The lowest BCUT2D eigenvalue weighted by Crippen LogP contribution is -2.38. The van der Waals surface area contributed by atoms with E-state index in [2.05, 4.69) is 19.2 Å². The molecule has 0 radical (unpaired) electrons. The summed E-state index contributed by atoms with van der Waals surface area (Å²) in [7, 11) is 0. The normalized spacial score (nSPS) is 24.3. The van der Waals surface area contributed by atoms with E-state index >= 15 is 0 Å². The van der Waals surface area contributed by atoms with Crippen molar-refractivity contribution in [1.82, 2.24) is 0 Å². The van der Waals surface area contributed by atoms with Crippen LogP contribution in [0.15, 0.2) is 18.2 Å². The number of anilines is 1. The Bertz CT molecular complexity index is 370. The minimum Gasteiger partial charge on any atom is -0.380 e. The molecule has 3 heteroatoms. The van der Waals surface area contributed by atoms with Crippen LogP contribution >= 0.6 is 0 Å². The predicted molar refractivity (Wildman–Crippen MR) is 61.3 cm³/mol. The van der Waals surface area contributed by atoms with Gasteiger partial charge in [-0.05, 0) is 36.8 Å². The van der Waals surface area contributed by atoms with E-state index in [0.717, 1.165) is 24.8 Å². The molecular weight excluding hydrogens is 208 g/mol. The van der Waals surface area contributed by atoms with Crippen molar-refractivity contribution in [3.05, 3.63) is 29.8 Å². The van der Waals surface area contributed by atoms with Crippen molar-refractivity contribution >= 4 is 5.69 Å². The fourth-order valence-electron chi connectivity index (χ4n) is 2.15. The quantitative estimate of drug-likeness (QED) is 0.824. The first kappa shape index (κ1) is 11.4. The third kappa shape index (κ3) is 2.34. The van der Waals surface area contributed by atoms with Crippen LogP contribution in [0.25, 0.3) is 0 Å². The fraction of sp³-hybridized carbons (Fsp3) is 0.538. The molecule has 1 aliphatic rings. The first-order valence-corrected chi connectivity index (χ1v) is 5.78. The molecule has 16 heavy (non-hydrogen) atoms. The molecule has 0 spiro atoms. The van der Waals surface area contributed by atoms with Crippen LogP contribution in [0.4, 0.5) is 14.5 Å². The van der Waals surface area contributed by atoms with Crippen molar-refractivity contribution in [3.63, 3.8) is 0 Å². The molecule has 0 aliphatic heterocycles. The van der Waals surface area contributed by atoms with Gasteiger partial charge in [-0.15, -0.1) is 0 Å². The van der Waals surface area contributed by atoms with Gasteiger partial charge in [0, 0.05) is 12.1 Å². The molecule has 0 bridgehead atoms. The second-order valence-corrected chi connectivity index (χ2v) is 4.94. The monoisotopic (exact) mass is 225 g/mol. The Hall–Kier alpha value is -1.12. The van der Waals surface area contributed by atoms with E-state index in [-0.39, 0.29) is 0 Å². The van der Waals surface area contributed by atoms with E-state index in [1.165, 1.54) is 12.1 Å². The summed E-state index contributed by atoms with van der Waals surface area (Å²) in [5.41, 5.74) is 0.411. The molecule has 88 valence electrons. The summed E-state index contributed by atoms with van der Waals surface area (Å²) < 4.78 is 26.0. The molecule has 0 heterocycles.